The summed E-state index contributed by atoms with van der Waals surface area (Å²) in [5.41, 5.74) is 1.03. The molecule has 13 nitrogen and oxygen atoms in total. The quantitative estimate of drug-likeness (QED) is 0.191. The standard InChI is InChI=1S/C28H38O13/c1-14(39-26-17(35-2)9-15(7-6-8-29)10-18(26)36-3)22(31)16-11-19(37-4)27(20(12-16)38-5)41-28-25(34)24(33)23(32)21(13-30)40-28/h6-7,9-12,14,21-25,28-34H,8,13H2,1-5H3/t14-,21-,22+,23-,24+,25-,28+/m1/s1. The maximum Gasteiger partial charge on any atom is 0.229 e. The molecule has 0 spiro atoms. The van der Waals surface area contributed by atoms with Crippen molar-refractivity contribution in [2.75, 3.05) is 41.7 Å². The molecule has 3 rings (SSSR count). The summed E-state index contributed by atoms with van der Waals surface area (Å²) in [4.78, 5) is 0. The Balaban J connectivity index is 1.90. The number of hydrogen-bond donors (Lipinski definition) is 6. The molecule has 1 aliphatic rings. The van der Waals surface area contributed by atoms with E-state index in [1.54, 1.807) is 31.2 Å². The lowest BCUT2D eigenvalue weighted by atomic mass is 9.99. The van der Waals surface area contributed by atoms with E-state index < -0.39 is 49.5 Å². The van der Waals surface area contributed by atoms with Crippen LogP contribution >= 0.6 is 0 Å². The molecular weight excluding hydrogens is 544 g/mol. The van der Waals surface area contributed by atoms with Gasteiger partial charge in [0.1, 0.15) is 36.6 Å². The summed E-state index contributed by atoms with van der Waals surface area (Å²) in [5, 5.41) is 60.3. The largest absolute Gasteiger partial charge is 0.493 e. The maximum atomic E-state index is 11.2. The first-order chi connectivity index (χ1) is 19.6. The van der Waals surface area contributed by atoms with Crippen molar-refractivity contribution < 1.29 is 63.8 Å². The van der Waals surface area contributed by atoms with Gasteiger partial charge in [-0.3, -0.25) is 0 Å². The molecule has 0 radical (unpaired) electrons. The first-order valence-corrected chi connectivity index (χ1v) is 12.7. The van der Waals surface area contributed by atoms with Crippen molar-refractivity contribution in [3.63, 3.8) is 0 Å². The van der Waals surface area contributed by atoms with Crippen LogP contribution in [-0.4, -0.2) is 109 Å². The molecular formula is C28H38O13. The highest BCUT2D eigenvalue weighted by Gasteiger charge is 2.45. The minimum atomic E-state index is -1.66. The molecule has 1 heterocycles. The minimum Gasteiger partial charge on any atom is -0.493 e. The van der Waals surface area contributed by atoms with E-state index in [1.165, 1.54) is 40.6 Å². The first-order valence-electron chi connectivity index (χ1n) is 12.7. The van der Waals surface area contributed by atoms with Gasteiger partial charge >= 0.3 is 0 Å². The molecule has 0 saturated carbocycles. The fraction of sp³-hybridized carbons (Fsp3) is 0.500. The molecule has 2 aromatic rings. The second-order valence-electron chi connectivity index (χ2n) is 9.18. The summed E-state index contributed by atoms with van der Waals surface area (Å²) < 4.78 is 39.1. The van der Waals surface area contributed by atoms with Crippen molar-refractivity contribution in [2.45, 2.75) is 49.8 Å². The predicted molar refractivity (Wildman–Crippen MR) is 145 cm³/mol. The van der Waals surface area contributed by atoms with E-state index in [4.69, 9.17) is 38.3 Å². The summed E-state index contributed by atoms with van der Waals surface area (Å²) in [6.07, 6.45) is -6.32. The third-order valence-corrected chi connectivity index (χ3v) is 6.55. The van der Waals surface area contributed by atoms with Crippen LogP contribution in [0.1, 0.15) is 24.2 Å². The number of rotatable bonds is 13. The normalized spacial score (nSPS) is 24.0. The average Bonchev–Trinajstić information content (AvgIpc) is 2.99. The zero-order chi connectivity index (χ0) is 30.3. The molecule has 0 aromatic heterocycles. The van der Waals surface area contributed by atoms with Crippen molar-refractivity contribution in [1.29, 1.82) is 0 Å². The monoisotopic (exact) mass is 582 g/mol. The van der Waals surface area contributed by atoms with Crippen molar-refractivity contribution >= 4 is 6.08 Å². The fourth-order valence-electron chi connectivity index (χ4n) is 4.29. The van der Waals surface area contributed by atoms with Crippen LogP contribution in [-0.2, 0) is 4.74 Å². The zero-order valence-corrected chi connectivity index (χ0v) is 23.5. The van der Waals surface area contributed by atoms with Gasteiger partial charge in [0, 0.05) is 0 Å². The van der Waals surface area contributed by atoms with Crippen LogP contribution in [0.15, 0.2) is 30.3 Å². The van der Waals surface area contributed by atoms with Gasteiger partial charge in [0.2, 0.25) is 17.8 Å². The van der Waals surface area contributed by atoms with Gasteiger partial charge in [0.05, 0.1) is 41.7 Å². The Labute approximate surface area is 237 Å². The SMILES string of the molecule is COc1cc([C@@H](O)[C@@H](C)Oc2c(OC)cc(C=CCO)cc2OC)cc(OC)c1O[C@@H]1O[C@H](CO)[C@@H](O)[C@H](O)[C@H]1O. The zero-order valence-electron chi connectivity index (χ0n) is 23.5. The van der Waals surface area contributed by atoms with Crippen LogP contribution in [0.4, 0.5) is 0 Å². The highest BCUT2D eigenvalue weighted by molar-refractivity contribution is 5.62. The van der Waals surface area contributed by atoms with Gasteiger partial charge in [-0.1, -0.05) is 12.2 Å². The molecule has 13 heteroatoms. The Morgan fingerprint density at radius 2 is 1.34 bits per heavy atom. The number of hydrogen-bond acceptors (Lipinski definition) is 13. The summed E-state index contributed by atoms with van der Waals surface area (Å²) in [6, 6.07) is 6.34. The highest BCUT2D eigenvalue weighted by atomic mass is 16.7. The summed E-state index contributed by atoms with van der Waals surface area (Å²) in [5.74, 6) is 1.12. The molecule has 0 unspecified atom stereocenters. The highest BCUT2D eigenvalue weighted by Crippen LogP contribution is 2.44. The predicted octanol–water partition coefficient (Wildman–Crippen LogP) is 0.406. The number of aliphatic hydroxyl groups excluding tert-OH is 6. The third kappa shape index (κ3) is 7.13. The van der Waals surface area contributed by atoms with Gasteiger partial charge in [0.15, 0.2) is 23.0 Å². The van der Waals surface area contributed by atoms with Crippen molar-refractivity contribution in [2.24, 2.45) is 0 Å². The number of methoxy groups -OCH3 is 4. The Kier molecular flexibility index (Phi) is 11.4. The topological polar surface area (TPSA) is 186 Å². The lowest BCUT2D eigenvalue weighted by Gasteiger charge is -2.39. The van der Waals surface area contributed by atoms with E-state index in [2.05, 4.69) is 0 Å². The molecule has 0 aliphatic carbocycles. The molecule has 6 N–H and O–H groups in total. The fourth-order valence-corrected chi connectivity index (χ4v) is 4.29. The van der Waals surface area contributed by atoms with E-state index in [-0.39, 0.29) is 29.6 Å². The van der Waals surface area contributed by atoms with Gasteiger partial charge in [-0.25, -0.2) is 0 Å². The first kappa shape index (κ1) is 32.2. The van der Waals surface area contributed by atoms with E-state index in [0.29, 0.717) is 22.6 Å². The lowest BCUT2D eigenvalue weighted by molar-refractivity contribution is -0.277. The summed E-state index contributed by atoms with van der Waals surface area (Å²) in [7, 11) is 5.64. The second-order valence-corrected chi connectivity index (χ2v) is 9.18. The van der Waals surface area contributed by atoms with E-state index >= 15 is 0 Å². The summed E-state index contributed by atoms with van der Waals surface area (Å²) in [6.45, 7) is 0.881. The molecule has 0 bridgehead atoms. The Bertz CT molecular complexity index is 1120. The van der Waals surface area contributed by atoms with Gasteiger partial charge in [-0.05, 0) is 42.3 Å². The van der Waals surface area contributed by atoms with Crippen LogP contribution in [0, 0.1) is 0 Å². The van der Waals surface area contributed by atoms with Crippen LogP contribution in [0.5, 0.6) is 34.5 Å². The Morgan fingerprint density at radius 1 is 0.805 bits per heavy atom. The average molecular weight is 583 g/mol. The Hall–Kier alpha value is -3.30. The van der Waals surface area contributed by atoms with Gasteiger partial charge in [-0.2, -0.15) is 0 Å². The van der Waals surface area contributed by atoms with E-state index in [1.807, 2.05) is 0 Å². The minimum absolute atomic E-state index is 0.0151. The molecule has 2 aromatic carbocycles. The molecule has 41 heavy (non-hydrogen) atoms. The molecule has 1 aliphatic heterocycles. The third-order valence-electron chi connectivity index (χ3n) is 6.55. The van der Waals surface area contributed by atoms with Crippen LogP contribution in [0.3, 0.4) is 0 Å². The molecule has 0 amide bonds. The number of ether oxygens (including phenoxy) is 7. The smallest absolute Gasteiger partial charge is 0.229 e. The van der Waals surface area contributed by atoms with Crippen LogP contribution in [0.2, 0.25) is 0 Å². The van der Waals surface area contributed by atoms with Crippen molar-refractivity contribution in [3.8, 4) is 34.5 Å². The van der Waals surface area contributed by atoms with E-state index in [9.17, 15) is 25.5 Å². The second kappa shape index (κ2) is 14.5. The molecule has 228 valence electrons. The summed E-state index contributed by atoms with van der Waals surface area (Å²) >= 11 is 0. The number of benzene rings is 2. The van der Waals surface area contributed by atoms with Crippen LogP contribution < -0.4 is 28.4 Å². The van der Waals surface area contributed by atoms with E-state index in [0.717, 1.165) is 0 Å². The Morgan fingerprint density at radius 3 is 1.83 bits per heavy atom. The molecule has 1 fully saturated rings. The molecule has 1 saturated heterocycles. The number of aliphatic hydroxyl groups is 6. The van der Waals surface area contributed by atoms with Gasteiger partial charge in [0.25, 0.3) is 0 Å². The maximum absolute atomic E-state index is 11.2. The van der Waals surface area contributed by atoms with Crippen LogP contribution in [0.25, 0.3) is 6.08 Å². The van der Waals surface area contributed by atoms with Gasteiger partial charge in [-0.15, -0.1) is 0 Å². The van der Waals surface area contributed by atoms with Crippen molar-refractivity contribution in [1.82, 2.24) is 0 Å². The molecule has 7 atom stereocenters. The van der Waals surface area contributed by atoms with Crippen molar-refractivity contribution in [3.05, 3.63) is 41.5 Å². The lowest BCUT2D eigenvalue weighted by Crippen LogP contribution is -2.60. The van der Waals surface area contributed by atoms with Gasteiger partial charge < -0.3 is 63.8 Å².